The van der Waals surface area contributed by atoms with Crippen molar-refractivity contribution in [1.29, 1.82) is 0 Å². The first kappa shape index (κ1) is 15.0. The number of halogens is 1. The summed E-state index contributed by atoms with van der Waals surface area (Å²) in [4.78, 5) is 4.32. The number of hydrogen-bond donors (Lipinski definition) is 1. The van der Waals surface area contributed by atoms with E-state index in [0.29, 0.717) is 43.6 Å². The molecule has 1 aromatic carbocycles. The summed E-state index contributed by atoms with van der Waals surface area (Å²) in [5.41, 5.74) is 7.20. The Morgan fingerprint density at radius 1 is 1.25 bits per heavy atom. The van der Waals surface area contributed by atoms with Crippen LogP contribution in [-0.4, -0.2) is 37.1 Å². The van der Waals surface area contributed by atoms with Crippen molar-refractivity contribution >= 4 is 21.6 Å². The van der Waals surface area contributed by atoms with Crippen LogP contribution >= 0.6 is 15.9 Å². The van der Waals surface area contributed by atoms with Gasteiger partial charge in [-0.15, -0.1) is 0 Å². The quantitative estimate of drug-likeness (QED) is 0.614. The molecule has 20 heavy (non-hydrogen) atoms. The van der Waals surface area contributed by atoms with E-state index in [2.05, 4.69) is 26.1 Å². The first-order chi connectivity index (χ1) is 9.69. The fraction of sp³-hybridized carbons (Fsp3) is 0.385. The first-order valence-corrected chi connectivity index (χ1v) is 6.94. The molecule has 1 heterocycles. The molecule has 2 rings (SSSR count). The maximum absolute atomic E-state index is 5.78. The van der Waals surface area contributed by atoms with E-state index in [4.69, 9.17) is 19.7 Å². The summed E-state index contributed by atoms with van der Waals surface area (Å²) in [6.07, 6.45) is 0.594. The summed E-state index contributed by atoms with van der Waals surface area (Å²) in [7, 11) is 1.64. The lowest BCUT2D eigenvalue weighted by atomic mass is 10.2. The Balaban J connectivity index is 1.94. The molecule has 1 aromatic heterocycles. The van der Waals surface area contributed by atoms with Crippen molar-refractivity contribution in [2.45, 2.75) is 6.42 Å². The third kappa shape index (κ3) is 4.29. The maximum atomic E-state index is 5.78. The SMILES string of the molecule is COCCOCCc1noc(-c2cc(N)cc(Br)c2)n1. The second-order valence-electron chi connectivity index (χ2n) is 4.14. The van der Waals surface area contributed by atoms with E-state index >= 15 is 0 Å². The minimum Gasteiger partial charge on any atom is -0.399 e. The van der Waals surface area contributed by atoms with Crippen molar-refractivity contribution in [2.75, 3.05) is 32.7 Å². The number of aromatic nitrogens is 2. The number of rotatable bonds is 7. The Bertz CT molecular complexity index is 539. The van der Waals surface area contributed by atoms with Crippen molar-refractivity contribution in [2.24, 2.45) is 0 Å². The van der Waals surface area contributed by atoms with Crippen molar-refractivity contribution in [3.63, 3.8) is 0 Å². The highest BCUT2D eigenvalue weighted by atomic mass is 79.9. The summed E-state index contributed by atoms with van der Waals surface area (Å²) in [6.45, 7) is 1.67. The molecule has 0 amide bonds. The fourth-order valence-electron chi connectivity index (χ4n) is 1.62. The van der Waals surface area contributed by atoms with Crippen molar-refractivity contribution in [3.8, 4) is 11.5 Å². The zero-order valence-corrected chi connectivity index (χ0v) is 12.7. The highest BCUT2D eigenvalue weighted by molar-refractivity contribution is 9.10. The summed E-state index contributed by atoms with van der Waals surface area (Å²) in [6, 6.07) is 5.48. The molecule has 108 valence electrons. The van der Waals surface area contributed by atoms with E-state index in [9.17, 15) is 0 Å². The Hall–Kier alpha value is -1.44. The predicted octanol–water partition coefficient (Wildman–Crippen LogP) is 2.29. The summed E-state index contributed by atoms with van der Waals surface area (Å²) in [5.74, 6) is 1.06. The van der Waals surface area contributed by atoms with Crippen LogP contribution in [0.5, 0.6) is 0 Å². The number of nitrogens with zero attached hydrogens (tertiary/aromatic N) is 2. The number of nitrogen functional groups attached to an aromatic ring is 1. The van der Waals surface area contributed by atoms with Crippen LogP contribution in [0.3, 0.4) is 0 Å². The molecule has 0 atom stereocenters. The Kier molecular flexibility index (Phi) is 5.51. The van der Waals surface area contributed by atoms with E-state index in [0.717, 1.165) is 10.0 Å². The molecule has 0 radical (unpaired) electrons. The average molecular weight is 342 g/mol. The van der Waals surface area contributed by atoms with Crippen molar-refractivity contribution < 1.29 is 14.0 Å². The van der Waals surface area contributed by atoms with E-state index in [1.165, 1.54) is 0 Å². The van der Waals surface area contributed by atoms with Gasteiger partial charge in [0.25, 0.3) is 5.89 Å². The van der Waals surface area contributed by atoms with Gasteiger partial charge in [0, 0.05) is 29.3 Å². The van der Waals surface area contributed by atoms with Crippen LogP contribution in [0.1, 0.15) is 5.82 Å². The number of methoxy groups -OCH3 is 1. The molecule has 0 aliphatic heterocycles. The molecular formula is C13H16BrN3O3. The highest BCUT2D eigenvalue weighted by Gasteiger charge is 2.10. The van der Waals surface area contributed by atoms with Crippen LogP contribution in [0.25, 0.3) is 11.5 Å². The topological polar surface area (TPSA) is 83.4 Å². The van der Waals surface area contributed by atoms with Gasteiger partial charge in [-0.25, -0.2) is 0 Å². The number of hydrogen-bond acceptors (Lipinski definition) is 6. The molecule has 2 aromatic rings. The second kappa shape index (κ2) is 7.37. The van der Waals surface area contributed by atoms with Gasteiger partial charge in [0.1, 0.15) is 0 Å². The van der Waals surface area contributed by atoms with E-state index in [-0.39, 0.29) is 0 Å². The molecule has 0 saturated heterocycles. The second-order valence-corrected chi connectivity index (χ2v) is 5.06. The third-order valence-corrected chi connectivity index (χ3v) is 2.99. The average Bonchev–Trinajstić information content (AvgIpc) is 2.86. The van der Waals surface area contributed by atoms with Crippen molar-refractivity contribution in [1.82, 2.24) is 10.1 Å². The van der Waals surface area contributed by atoms with E-state index < -0.39 is 0 Å². The Morgan fingerprint density at radius 3 is 2.85 bits per heavy atom. The minimum atomic E-state index is 0.449. The number of benzene rings is 1. The van der Waals surface area contributed by atoms with Crippen LogP contribution < -0.4 is 5.73 Å². The van der Waals surface area contributed by atoms with Gasteiger partial charge in [0.05, 0.1) is 19.8 Å². The molecule has 7 heteroatoms. The smallest absolute Gasteiger partial charge is 0.258 e. The normalized spacial score (nSPS) is 10.9. The fourth-order valence-corrected chi connectivity index (χ4v) is 2.13. The predicted molar refractivity (Wildman–Crippen MR) is 78.2 cm³/mol. The molecule has 0 fully saturated rings. The van der Waals surface area contributed by atoms with Gasteiger partial charge in [-0.3, -0.25) is 0 Å². The molecule has 0 saturated carbocycles. The van der Waals surface area contributed by atoms with Crippen LogP contribution in [0.4, 0.5) is 5.69 Å². The van der Waals surface area contributed by atoms with Gasteiger partial charge in [0.15, 0.2) is 5.82 Å². The lowest BCUT2D eigenvalue weighted by molar-refractivity contribution is 0.0714. The number of anilines is 1. The van der Waals surface area contributed by atoms with Gasteiger partial charge >= 0.3 is 0 Å². The van der Waals surface area contributed by atoms with Crippen molar-refractivity contribution in [3.05, 3.63) is 28.5 Å². The van der Waals surface area contributed by atoms with Crippen LogP contribution in [0.2, 0.25) is 0 Å². The third-order valence-electron chi connectivity index (χ3n) is 2.54. The van der Waals surface area contributed by atoms with E-state index in [1.54, 1.807) is 13.2 Å². The van der Waals surface area contributed by atoms with Crippen LogP contribution in [0.15, 0.2) is 27.2 Å². The highest BCUT2D eigenvalue weighted by Crippen LogP contribution is 2.25. The zero-order chi connectivity index (χ0) is 14.4. The lowest BCUT2D eigenvalue weighted by Gasteiger charge is -2.00. The summed E-state index contributed by atoms with van der Waals surface area (Å²) in [5, 5.41) is 3.92. The lowest BCUT2D eigenvalue weighted by Crippen LogP contribution is -2.05. The molecule has 0 aliphatic rings. The summed E-state index contributed by atoms with van der Waals surface area (Å²) >= 11 is 3.38. The van der Waals surface area contributed by atoms with Gasteiger partial charge in [0.2, 0.25) is 0 Å². The van der Waals surface area contributed by atoms with Crippen LogP contribution in [-0.2, 0) is 15.9 Å². The number of ether oxygens (including phenoxy) is 2. The van der Waals surface area contributed by atoms with Gasteiger partial charge in [-0.1, -0.05) is 21.1 Å². The zero-order valence-electron chi connectivity index (χ0n) is 11.1. The van der Waals surface area contributed by atoms with Gasteiger partial charge in [-0.2, -0.15) is 4.98 Å². The Morgan fingerprint density at radius 2 is 2.10 bits per heavy atom. The summed E-state index contributed by atoms with van der Waals surface area (Å²) < 4.78 is 16.3. The molecule has 6 nitrogen and oxygen atoms in total. The molecule has 0 unspecified atom stereocenters. The standard InChI is InChI=1S/C13H16BrN3O3/c1-18-4-5-19-3-2-12-16-13(20-17-12)9-6-10(14)8-11(15)7-9/h6-8H,2-5,15H2,1H3. The van der Waals surface area contributed by atoms with Gasteiger partial charge < -0.3 is 19.7 Å². The monoisotopic (exact) mass is 341 g/mol. The molecule has 2 N–H and O–H groups in total. The van der Waals surface area contributed by atoms with E-state index in [1.807, 2.05) is 12.1 Å². The molecule has 0 aliphatic carbocycles. The largest absolute Gasteiger partial charge is 0.399 e. The van der Waals surface area contributed by atoms with Crippen LogP contribution in [0, 0.1) is 0 Å². The number of nitrogens with two attached hydrogens (primary N) is 1. The first-order valence-electron chi connectivity index (χ1n) is 6.15. The Labute approximate surface area is 125 Å². The molecule has 0 bridgehead atoms. The maximum Gasteiger partial charge on any atom is 0.258 e. The molecule has 0 spiro atoms. The minimum absolute atomic E-state index is 0.449. The van der Waals surface area contributed by atoms with Gasteiger partial charge in [-0.05, 0) is 18.2 Å². The molecular weight excluding hydrogens is 326 g/mol.